The summed E-state index contributed by atoms with van der Waals surface area (Å²) >= 11 is 3.32. The van der Waals surface area contributed by atoms with Crippen LogP contribution in [0.1, 0.15) is 5.56 Å². The number of aryl methyl sites for hydroxylation is 1. The molecule has 0 amide bonds. The van der Waals surface area contributed by atoms with Crippen molar-refractivity contribution >= 4 is 27.6 Å². The molecule has 0 aromatic heterocycles. The zero-order valence-corrected chi connectivity index (χ0v) is 8.67. The fraction of sp³-hybridized carbons (Fsp3) is 0.125. The lowest BCUT2D eigenvalue weighted by Gasteiger charge is -2.01. The molecule has 0 fully saturated rings. The monoisotopic (exact) mass is 243 g/mol. The maximum absolute atomic E-state index is 8.44. The Morgan fingerprint density at radius 3 is 2.92 bits per heavy atom. The normalized spacial score (nSPS) is 11.5. The highest BCUT2D eigenvalue weighted by Crippen LogP contribution is 2.25. The predicted molar refractivity (Wildman–Crippen MR) is 55.1 cm³/mol. The van der Waals surface area contributed by atoms with E-state index in [1.807, 2.05) is 25.1 Å². The Kier molecular flexibility index (Phi) is 3.27. The molecule has 0 spiro atoms. The van der Waals surface area contributed by atoms with Crippen molar-refractivity contribution in [2.45, 2.75) is 6.92 Å². The van der Waals surface area contributed by atoms with Crippen molar-refractivity contribution < 1.29 is 5.21 Å². The molecule has 0 aliphatic carbocycles. The zero-order chi connectivity index (χ0) is 9.84. The van der Waals surface area contributed by atoms with Crippen LogP contribution >= 0.6 is 15.9 Å². The number of aliphatic imine (C=N–C) groups is 1. The van der Waals surface area contributed by atoms with Gasteiger partial charge in [-0.25, -0.2) is 10.5 Å². The van der Waals surface area contributed by atoms with E-state index in [0.29, 0.717) is 5.69 Å². The van der Waals surface area contributed by atoms with Crippen LogP contribution in [-0.4, -0.2) is 11.2 Å². The number of halogens is 1. The zero-order valence-electron chi connectivity index (χ0n) is 7.08. The van der Waals surface area contributed by atoms with Crippen LogP contribution < -0.4 is 11.2 Å². The summed E-state index contributed by atoms with van der Waals surface area (Å²) in [6.45, 7) is 1.95. The van der Waals surface area contributed by atoms with Gasteiger partial charge < -0.3 is 5.73 Å². The van der Waals surface area contributed by atoms with Crippen molar-refractivity contribution in [3.63, 3.8) is 0 Å². The molecule has 0 aliphatic heterocycles. The SMILES string of the molecule is Cc1ccc(Br)c(N=C(N)NO)c1. The van der Waals surface area contributed by atoms with Crippen molar-refractivity contribution in [1.82, 2.24) is 5.48 Å². The molecule has 13 heavy (non-hydrogen) atoms. The highest BCUT2D eigenvalue weighted by atomic mass is 79.9. The minimum Gasteiger partial charge on any atom is -0.368 e. The first-order valence-electron chi connectivity index (χ1n) is 3.64. The summed E-state index contributed by atoms with van der Waals surface area (Å²) in [5.74, 6) is -0.0358. The van der Waals surface area contributed by atoms with E-state index >= 15 is 0 Å². The van der Waals surface area contributed by atoms with Crippen LogP contribution in [0.4, 0.5) is 5.69 Å². The van der Waals surface area contributed by atoms with Gasteiger partial charge in [0.2, 0.25) is 5.96 Å². The first-order valence-corrected chi connectivity index (χ1v) is 4.43. The summed E-state index contributed by atoms with van der Waals surface area (Å²) in [6.07, 6.45) is 0. The number of hydrogen-bond donors (Lipinski definition) is 3. The van der Waals surface area contributed by atoms with E-state index in [1.165, 1.54) is 0 Å². The van der Waals surface area contributed by atoms with E-state index in [4.69, 9.17) is 10.9 Å². The van der Waals surface area contributed by atoms with Gasteiger partial charge in [-0.1, -0.05) is 6.07 Å². The van der Waals surface area contributed by atoms with Gasteiger partial charge in [0, 0.05) is 4.47 Å². The number of benzene rings is 1. The number of hydrogen-bond acceptors (Lipinski definition) is 2. The van der Waals surface area contributed by atoms with Crippen molar-refractivity contribution in [1.29, 1.82) is 0 Å². The third-order valence-electron chi connectivity index (χ3n) is 1.46. The summed E-state index contributed by atoms with van der Waals surface area (Å²) in [7, 11) is 0. The fourth-order valence-corrected chi connectivity index (χ4v) is 1.20. The van der Waals surface area contributed by atoms with E-state index in [9.17, 15) is 0 Å². The second-order valence-electron chi connectivity index (χ2n) is 2.56. The molecule has 0 heterocycles. The second-order valence-corrected chi connectivity index (χ2v) is 3.42. The van der Waals surface area contributed by atoms with Crippen molar-refractivity contribution in [3.8, 4) is 0 Å². The maximum Gasteiger partial charge on any atom is 0.218 e. The molecule has 0 aliphatic rings. The Hall–Kier alpha value is -1.07. The smallest absolute Gasteiger partial charge is 0.218 e. The molecular weight excluding hydrogens is 234 g/mol. The van der Waals surface area contributed by atoms with Crippen molar-refractivity contribution in [2.75, 3.05) is 0 Å². The molecular formula is C8H10BrN3O. The van der Waals surface area contributed by atoms with Gasteiger partial charge in [-0.3, -0.25) is 5.21 Å². The quantitative estimate of drug-likeness (QED) is 0.400. The van der Waals surface area contributed by atoms with Gasteiger partial charge in [0.15, 0.2) is 0 Å². The Labute approximate surface area is 84.6 Å². The lowest BCUT2D eigenvalue weighted by Crippen LogP contribution is -2.27. The van der Waals surface area contributed by atoms with Crippen LogP contribution in [0.5, 0.6) is 0 Å². The molecule has 0 saturated carbocycles. The summed E-state index contributed by atoms with van der Waals surface area (Å²) < 4.78 is 0.830. The molecule has 4 N–H and O–H groups in total. The average molecular weight is 244 g/mol. The molecule has 0 atom stereocenters. The van der Waals surface area contributed by atoms with Crippen LogP contribution in [0.25, 0.3) is 0 Å². The Balaban J connectivity index is 3.07. The first-order chi connectivity index (χ1) is 6.13. The molecule has 0 saturated heterocycles. The highest BCUT2D eigenvalue weighted by molar-refractivity contribution is 9.10. The van der Waals surface area contributed by atoms with E-state index in [-0.39, 0.29) is 5.96 Å². The van der Waals surface area contributed by atoms with Crippen LogP contribution in [0.15, 0.2) is 27.7 Å². The van der Waals surface area contributed by atoms with Crippen molar-refractivity contribution in [3.05, 3.63) is 28.2 Å². The predicted octanol–water partition coefficient (Wildman–Crippen LogP) is 1.68. The van der Waals surface area contributed by atoms with Gasteiger partial charge in [0.25, 0.3) is 0 Å². The van der Waals surface area contributed by atoms with Gasteiger partial charge in [0.1, 0.15) is 0 Å². The molecule has 5 heteroatoms. The van der Waals surface area contributed by atoms with Crippen LogP contribution in [0.2, 0.25) is 0 Å². The second kappa shape index (κ2) is 4.25. The largest absolute Gasteiger partial charge is 0.368 e. The van der Waals surface area contributed by atoms with Gasteiger partial charge >= 0.3 is 0 Å². The third-order valence-corrected chi connectivity index (χ3v) is 2.13. The number of nitrogens with zero attached hydrogens (tertiary/aromatic N) is 1. The summed E-state index contributed by atoms with van der Waals surface area (Å²) in [4.78, 5) is 3.92. The molecule has 1 aromatic carbocycles. The van der Waals surface area contributed by atoms with E-state index in [1.54, 1.807) is 5.48 Å². The Morgan fingerprint density at radius 1 is 1.62 bits per heavy atom. The standard InChI is InChI=1S/C8H10BrN3O/c1-5-2-3-6(9)7(4-5)11-8(10)12-13/h2-4,13H,1H3,(H3,10,11,12). The molecule has 1 rings (SSSR count). The third kappa shape index (κ3) is 2.71. The topological polar surface area (TPSA) is 70.6 Å². The number of nitrogens with two attached hydrogens (primary N) is 1. The fourth-order valence-electron chi connectivity index (χ4n) is 0.863. The van der Waals surface area contributed by atoms with Crippen molar-refractivity contribution in [2.24, 2.45) is 10.7 Å². The molecule has 70 valence electrons. The summed E-state index contributed by atoms with van der Waals surface area (Å²) in [5, 5.41) is 8.44. The highest BCUT2D eigenvalue weighted by Gasteiger charge is 1.98. The Bertz CT molecular complexity index is 338. The molecule has 0 radical (unpaired) electrons. The van der Waals surface area contributed by atoms with E-state index in [2.05, 4.69) is 20.9 Å². The van der Waals surface area contributed by atoms with Crippen LogP contribution in [0, 0.1) is 6.92 Å². The Morgan fingerprint density at radius 2 is 2.31 bits per heavy atom. The number of rotatable bonds is 1. The van der Waals surface area contributed by atoms with Gasteiger partial charge in [-0.15, -0.1) is 0 Å². The lowest BCUT2D eigenvalue weighted by molar-refractivity contribution is 0.233. The average Bonchev–Trinajstić information content (AvgIpc) is 2.11. The number of hydroxylamine groups is 1. The molecule has 1 aromatic rings. The van der Waals surface area contributed by atoms with E-state index < -0.39 is 0 Å². The lowest BCUT2D eigenvalue weighted by atomic mass is 10.2. The molecule has 0 unspecified atom stereocenters. The molecule has 4 nitrogen and oxygen atoms in total. The van der Waals surface area contributed by atoms with Crippen LogP contribution in [0.3, 0.4) is 0 Å². The number of nitrogens with one attached hydrogen (secondary N) is 1. The number of guanidine groups is 1. The van der Waals surface area contributed by atoms with E-state index in [0.717, 1.165) is 10.0 Å². The minimum atomic E-state index is -0.0358. The summed E-state index contributed by atoms with van der Waals surface area (Å²) in [5.41, 5.74) is 8.82. The van der Waals surface area contributed by atoms with Gasteiger partial charge in [0.05, 0.1) is 5.69 Å². The van der Waals surface area contributed by atoms with Gasteiger partial charge in [-0.2, -0.15) is 0 Å². The first kappa shape index (κ1) is 10.0. The maximum atomic E-state index is 8.44. The molecule has 0 bridgehead atoms. The minimum absolute atomic E-state index is 0.0358. The summed E-state index contributed by atoms with van der Waals surface area (Å²) in [6, 6.07) is 5.68. The van der Waals surface area contributed by atoms with Crippen LogP contribution in [-0.2, 0) is 0 Å². The van der Waals surface area contributed by atoms with Gasteiger partial charge in [-0.05, 0) is 40.5 Å².